The van der Waals surface area contributed by atoms with E-state index in [1.165, 1.54) is 75.9 Å². The van der Waals surface area contributed by atoms with Crippen LogP contribution in [0.1, 0.15) is 16.7 Å². The lowest BCUT2D eigenvalue weighted by Gasteiger charge is -2.18. The number of benzene rings is 10. The molecule has 0 saturated carbocycles. The zero-order valence-corrected chi connectivity index (χ0v) is 29.7. The van der Waals surface area contributed by atoms with E-state index < -0.39 is 0 Å². The van der Waals surface area contributed by atoms with Gasteiger partial charge in [-0.3, -0.25) is 0 Å². The highest BCUT2D eigenvalue weighted by molar-refractivity contribution is 6.22. The number of nitrogens with zero attached hydrogens (tertiary/aromatic N) is 1. The first-order valence-corrected chi connectivity index (χ1v) is 18.6. The smallest absolute Gasteiger partial charge is 0.131 e. The largest absolute Gasteiger partial charge is 0.383 e. The summed E-state index contributed by atoms with van der Waals surface area (Å²) >= 11 is 0. The molecule has 10 aromatic rings. The lowest BCUT2D eigenvalue weighted by atomic mass is 9.86. The SMILES string of the molecule is N/C(=N\C(=C/Cc1ccc2c(ccc3ccccc32)c1)c1ccc(-c2c3ccccc3cc3c2ccc2ccccc23)c2ccccc12)c1ccccc1. The minimum atomic E-state index is 0.493. The molecule has 0 spiro atoms. The van der Waals surface area contributed by atoms with Crippen LogP contribution in [0.25, 0.3) is 81.5 Å². The molecular weight excluding hydrogens is 653 g/mol. The molecular formula is C52H36N2. The fourth-order valence-corrected chi connectivity index (χ4v) is 8.27. The van der Waals surface area contributed by atoms with E-state index in [2.05, 4.69) is 164 Å². The second kappa shape index (κ2) is 13.2. The minimum absolute atomic E-state index is 0.493. The second-order valence-corrected chi connectivity index (χ2v) is 14.1. The molecule has 0 bridgehead atoms. The molecule has 0 amide bonds. The molecule has 2 nitrogen and oxygen atoms in total. The zero-order chi connectivity index (χ0) is 36.0. The number of allylic oxidation sites excluding steroid dienone is 1. The van der Waals surface area contributed by atoms with E-state index in [-0.39, 0.29) is 0 Å². The maximum atomic E-state index is 6.77. The Bertz CT molecular complexity index is 3130. The summed E-state index contributed by atoms with van der Waals surface area (Å²) < 4.78 is 0. The van der Waals surface area contributed by atoms with Crippen molar-refractivity contribution in [2.75, 3.05) is 0 Å². The number of hydrogen-bond acceptors (Lipinski definition) is 1. The van der Waals surface area contributed by atoms with Crippen LogP contribution in [0.4, 0.5) is 0 Å². The van der Waals surface area contributed by atoms with Gasteiger partial charge in [0.25, 0.3) is 0 Å². The van der Waals surface area contributed by atoms with E-state index in [0.717, 1.165) is 22.2 Å². The maximum absolute atomic E-state index is 6.77. The first kappa shape index (κ1) is 31.7. The van der Waals surface area contributed by atoms with Crippen LogP contribution in [0.2, 0.25) is 0 Å². The van der Waals surface area contributed by atoms with Crippen LogP contribution < -0.4 is 5.73 Å². The Kier molecular flexibility index (Phi) is 7.74. The fourth-order valence-electron chi connectivity index (χ4n) is 8.27. The van der Waals surface area contributed by atoms with E-state index in [4.69, 9.17) is 10.7 Å². The molecule has 0 aliphatic rings. The van der Waals surface area contributed by atoms with Crippen molar-refractivity contribution in [2.24, 2.45) is 10.7 Å². The Morgan fingerprint density at radius 2 is 0.981 bits per heavy atom. The van der Waals surface area contributed by atoms with Gasteiger partial charge < -0.3 is 5.73 Å². The van der Waals surface area contributed by atoms with Crippen molar-refractivity contribution in [1.29, 1.82) is 0 Å². The Balaban J connectivity index is 1.16. The van der Waals surface area contributed by atoms with E-state index >= 15 is 0 Å². The highest BCUT2D eigenvalue weighted by atomic mass is 14.9. The van der Waals surface area contributed by atoms with Crippen LogP contribution in [-0.2, 0) is 6.42 Å². The van der Waals surface area contributed by atoms with Gasteiger partial charge in [-0.05, 0) is 93.8 Å². The summed E-state index contributed by atoms with van der Waals surface area (Å²) in [6.45, 7) is 0. The molecule has 0 radical (unpaired) electrons. The normalized spacial score (nSPS) is 12.4. The molecule has 54 heavy (non-hydrogen) atoms. The van der Waals surface area contributed by atoms with Gasteiger partial charge in [0.1, 0.15) is 5.84 Å². The van der Waals surface area contributed by atoms with Gasteiger partial charge in [0.15, 0.2) is 0 Å². The highest BCUT2D eigenvalue weighted by Crippen LogP contribution is 2.43. The summed E-state index contributed by atoms with van der Waals surface area (Å²) in [5, 5.41) is 14.8. The fraction of sp³-hybridized carbons (Fsp3) is 0.0192. The maximum Gasteiger partial charge on any atom is 0.131 e. The number of fused-ring (bicyclic) bond motifs is 8. The summed E-state index contributed by atoms with van der Waals surface area (Å²) in [5.41, 5.74) is 13.2. The number of amidine groups is 1. The molecule has 10 rings (SSSR count). The molecule has 0 aliphatic heterocycles. The Morgan fingerprint density at radius 3 is 1.76 bits per heavy atom. The summed E-state index contributed by atoms with van der Waals surface area (Å²) in [4.78, 5) is 5.18. The van der Waals surface area contributed by atoms with Gasteiger partial charge in [0, 0.05) is 11.1 Å². The van der Waals surface area contributed by atoms with Gasteiger partial charge >= 0.3 is 0 Å². The molecule has 2 N–H and O–H groups in total. The third-order valence-corrected chi connectivity index (χ3v) is 10.9. The predicted molar refractivity (Wildman–Crippen MR) is 232 cm³/mol. The van der Waals surface area contributed by atoms with Gasteiger partial charge in [-0.25, -0.2) is 4.99 Å². The van der Waals surface area contributed by atoms with Gasteiger partial charge in [-0.2, -0.15) is 0 Å². The molecule has 254 valence electrons. The van der Waals surface area contributed by atoms with Crippen molar-refractivity contribution in [2.45, 2.75) is 6.42 Å². The lowest BCUT2D eigenvalue weighted by molar-refractivity contribution is 1.27. The molecule has 0 aromatic heterocycles. The summed E-state index contributed by atoms with van der Waals surface area (Å²) in [6, 6.07) is 67.5. The number of nitrogens with two attached hydrogens (primary N) is 1. The van der Waals surface area contributed by atoms with Gasteiger partial charge in [-0.1, -0.05) is 188 Å². The number of aliphatic imine (C=N–C) groups is 1. The molecule has 0 unspecified atom stereocenters. The van der Waals surface area contributed by atoms with Gasteiger partial charge in [0.05, 0.1) is 5.70 Å². The van der Waals surface area contributed by atoms with Crippen LogP contribution in [0.5, 0.6) is 0 Å². The zero-order valence-electron chi connectivity index (χ0n) is 29.7. The standard InChI is InChI=1S/C52H36N2/c53-52(37-14-2-1-3-15-37)54-50(31-23-34-22-27-42-39(32-34)25-24-35-12-4-7-17-40(35)42)46-29-30-47(45-21-11-10-20-44(45)46)51-43-19-9-6-16-38(43)33-49-41-18-8-5-13-36(41)26-28-48(49)51/h1-22,24-33H,23H2,(H2,53,54)/b50-31-. The van der Waals surface area contributed by atoms with Crippen molar-refractivity contribution in [1.82, 2.24) is 0 Å². The first-order chi connectivity index (χ1) is 26.7. The Labute approximate surface area is 314 Å². The second-order valence-electron chi connectivity index (χ2n) is 14.1. The molecule has 0 fully saturated rings. The topological polar surface area (TPSA) is 38.4 Å². The highest BCUT2D eigenvalue weighted by Gasteiger charge is 2.17. The van der Waals surface area contributed by atoms with Crippen LogP contribution in [-0.4, -0.2) is 5.84 Å². The third-order valence-electron chi connectivity index (χ3n) is 10.9. The summed E-state index contributed by atoms with van der Waals surface area (Å²) in [6.07, 6.45) is 2.94. The van der Waals surface area contributed by atoms with E-state index in [1.54, 1.807) is 0 Å². The van der Waals surface area contributed by atoms with Crippen LogP contribution in [0.3, 0.4) is 0 Å². The average Bonchev–Trinajstić information content (AvgIpc) is 3.24. The van der Waals surface area contributed by atoms with E-state index in [1.807, 2.05) is 30.3 Å². The van der Waals surface area contributed by atoms with Crippen LogP contribution in [0, 0.1) is 0 Å². The van der Waals surface area contributed by atoms with Crippen molar-refractivity contribution < 1.29 is 0 Å². The molecule has 0 saturated heterocycles. The summed E-state index contributed by atoms with van der Waals surface area (Å²) in [7, 11) is 0. The third kappa shape index (κ3) is 5.48. The first-order valence-electron chi connectivity index (χ1n) is 18.6. The van der Waals surface area contributed by atoms with Gasteiger partial charge in [-0.15, -0.1) is 0 Å². The Hall–Kier alpha value is -7.03. The quantitative estimate of drug-likeness (QED) is 0.0803. The van der Waals surface area contributed by atoms with Crippen molar-refractivity contribution >= 4 is 76.2 Å². The molecule has 0 atom stereocenters. The monoisotopic (exact) mass is 688 g/mol. The number of rotatable bonds is 6. The molecule has 0 heterocycles. The van der Waals surface area contributed by atoms with E-state index in [9.17, 15) is 0 Å². The summed E-state index contributed by atoms with van der Waals surface area (Å²) in [5.74, 6) is 0.493. The minimum Gasteiger partial charge on any atom is -0.383 e. The van der Waals surface area contributed by atoms with Crippen molar-refractivity contribution in [3.63, 3.8) is 0 Å². The molecule has 2 heteroatoms. The van der Waals surface area contributed by atoms with Crippen molar-refractivity contribution in [3.05, 3.63) is 211 Å². The lowest BCUT2D eigenvalue weighted by Crippen LogP contribution is -2.13. The Morgan fingerprint density at radius 1 is 0.426 bits per heavy atom. The number of hydrogen-bond donors (Lipinski definition) is 1. The van der Waals surface area contributed by atoms with Gasteiger partial charge in [0.2, 0.25) is 0 Å². The van der Waals surface area contributed by atoms with E-state index in [0.29, 0.717) is 12.3 Å². The average molecular weight is 689 g/mol. The van der Waals surface area contributed by atoms with Crippen LogP contribution in [0.15, 0.2) is 199 Å². The molecule has 0 aliphatic carbocycles. The van der Waals surface area contributed by atoms with Crippen molar-refractivity contribution in [3.8, 4) is 11.1 Å². The molecule has 10 aromatic carbocycles. The predicted octanol–water partition coefficient (Wildman–Crippen LogP) is 13.3. The van der Waals surface area contributed by atoms with Crippen LogP contribution >= 0.6 is 0 Å².